The van der Waals surface area contributed by atoms with E-state index in [2.05, 4.69) is 61.3 Å². The summed E-state index contributed by atoms with van der Waals surface area (Å²) < 4.78 is 20.8. The Kier molecular flexibility index (Phi) is 7.24. The van der Waals surface area contributed by atoms with Crippen LogP contribution in [0.2, 0.25) is 0 Å². The van der Waals surface area contributed by atoms with Crippen LogP contribution in [0.25, 0.3) is 55.6 Å². The van der Waals surface area contributed by atoms with E-state index in [0.29, 0.717) is 18.4 Å². The maximum absolute atomic E-state index is 14.8. The first kappa shape index (κ1) is 27.1. The monoisotopic (exact) mass is 575 g/mol. The van der Waals surface area contributed by atoms with E-state index < -0.39 is 0 Å². The minimum Gasteiger partial charge on any atom is -0.492 e. The number of nitrogens with one attached hydrogen (secondary N) is 3. The number of benzene rings is 2. The summed E-state index contributed by atoms with van der Waals surface area (Å²) in [5.41, 5.74) is 7.79. The van der Waals surface area contributed by atoms with E-state index in [1.807, 2.05) is 42.7 Å². The molecule has 9 heteroatoms. The lowest BCUT2D eigenvalue weighted by Gasteiger charge is -2.15. The Bertz CT molecular complexity index is 1900. The molecular formula is C34H34FN7O. The average Bonchev–Trinajstić information content (AvgIpc) is 3.76. The maximum atomic E-state index is 14.8. The summed E-state index contributed by atoms with van der Waals surface area (Å²) in [5, 5.41) is 13.1. The third kappa shape index (κ3) is 5.68. The minimum atomic E-state index is -0.318. The summed E-state index contributed by atoms with van der Waals surface area (Å²) in [6.45, 7) is 7.81. The van der Waals surface area contributed by atoms with Crippen molar-refractivity contribution in [3.05, 3.63) is 79.0 Å². The molecule has 0 atom stereocenters. The number of aromatic nitrogens is 5. The van der Waals surface area contributed by atoms with E-state index in [1.165, 1.54) is 18.9 Å². The first-order chi connectivity index (χ1) is 21.0. The molecule has 0 unspecified atom stereocenters. The fourth-order valence-electron chi connectivity index (χ4n) is 5.91. The third-order valence-electron chi connectivity index (χ3n) is 7.91. The van der Waals surface area contributed by atoms with E-state index >= 15 is 0 Å². The smallest absolute Gasteiger partial charge is 0.127 e. The highest BCUT2D eigenvalue weighted by Gasteiger charge is 2.16. The van der Waals surface area contributed by atoms with Crippen molar-refractivity contribution in [1.82, 2.24) is 30.0 Å². The zero-order valence-corrected chi connectivity index (χ0v) is 24.3. The average molecular weight is 576 g/mol. The lowest BCUT2D eigenvalue weighted by molar-refractivity contribution is 0.237. The van der Waals surface area contributed by atoms with Gasteiger partial charge < -0.3 is 15.0 Å². The predicted octanol–water partition coefficient (Wildman–Crippen LogP) is 7.27. The zero-order valence-electron chi connectivity index (χ0n) is 24.3. The molecule has 8 nitrogen and oxygen atoms in total. The molecule has 0 spiro atoms. The normalized spacial score (nSPS) is 13.9. The van der Waals surface area contributed by atoms with Crippen LogP contribution in [0.15, 0.2) is 73.2 Å². The summed E-state index contributed by atoms with van der Waals surface area (Å²) >= 11 is 0. The van der Waals surface area contributed by atoms with Crippen LogP contribution in [0.3, 0.4) is 0 Å². The number of anilines is 1. The van der Waals surface area contributed by atoms with Crippen molar-refractivity contribution >= 4 is 27.5 Å². The van der Waals surface area contributed by atoms with E-state index in [1.54, 1.807) is 12.3 Å². The molecule has 1 aliphatic heterocycles. The summed E-state index contributed by atoms with van der Waals surface area (Å²) in [6, 6.07) is 17.4. The van der Waals surface area contributed by atoms with Gasteiger partial charge in [0.05, 0.1) is 28.8 Å². The number of nitrogens with zero attached hydrogens (tertiary/aromatic N) is 4. The molecule has 0 amide bonds. The van der Waals surface area contributed by atoms with Crippen molar-refractivity contribution in [3.63, 3.8) is 0 Å². The predicted molar refractivity (Wildman–Crippen MR) is 170 cm³/mol. The molecule has 0 aliphatic carbocycles. The number of H-pyrrole nitrogens is 2. The molecule has 7 rings (SSSR count). The van der Waals surface area contributed by atoms with Crippen molar-refractivity contribution in [2.45, 2.75) is 32.7 Å². The second-order valence-electron chi connectivity index (χ2n) is 11.5. The number of likely N-dealkylation sites (tertiary alicyclic amines) is 1. The summed E-state index contributed by atoms with van der Waals surface area (Å²) in [6.07, 6.45) is 7.91. The van der Waals surface area contributed by atoms with E-state index in [0.717, 1.165) is 80.9 Å². The summed E-state index contributed by atoms with van der Waals surface area (Å²) in [4.78, 5) is 15.0. The van der Waals surface area contributed by atoms with Gasteiger partial charge in [0, 0.05) is 52.9 Å². The van der Waals surface area contributed by atoms with Crippen LogP contribution in [0.4, 0.5) is 10.1 Å². The third-order valence-corrected chi connectivity index (χ3v) is 7.91. The highest BCUT2D eigenvalue weighted by atomic mass is 19.1. The molecule has 2 aromatic carbocycles. The summed E-state index contributed by atoms with van der Waals surface area (Å²) in [7, 11) is 0. The molecule has 0 radical (unpaired) electrons. The number of hydrogen-bond acceptors (Lipinski definition) is 6. The fourth-order valence-corrected chi connectivity index (χ4v) is 5.91. The Hall–Kier alpha value is -4.76. The van der Waals surface area contributed by atoms with Gasteiger partial charge in [-0.3, -0.25) is 20.0 Å². The molecule has 0 bridgehead atoms. The zero-order chi connectivity index (χ0) is 29.3. The maximum Gasteiger partial charge on any atom is 0.127 e. The molecule has 3 N–H and O–H groups in total. The largest absolute Gasteiger partial charge is 0.492 e. The number of pyridine rings is 2. The van der Waals surface area contributed by atoms with Gasteiger partial charge in [-0.1, -0.05) is 12.1 Å². The van der Waals surface area contributed by atoms with E-state index in [9.17, 15) is 4.39 Å². The fraction of sp³-hybridized carbons (Fsp3) is 0.265. The second-order valence-corrected chi connectivity index (χ2v) is 11.5. The molecular weight excluding hydrogens is 541 g/mol. The molecule has 218 valence electrons. The van der Waals surface area contributed by atoms with Crippen LogP contribution in [-0.2, 0) is 0 Å². The number of fused-ring (bicyclic) bond motifs is 2. The van der Waals surface area contributed by atoms with Gasteiger partial charge in [0.1, 0.15) is 23.9 Å². The number of hydrogen-bond donors (Lipinski definition) is 3. The van der Waals surface area contributed by atoms with Gasteiger partial charge in [-0.2, -0.15) is 5.10 Å². The Morgan fingerprint density at radius 1 is 0.953 bits per heavy atom. The molecule has 43 heavy (non-hydrogen) atoms. The van der Waals surface area contributed by atoms with Crippen LogP contribution < -0.4 is 10.1 Å². The van der Waals surface area contributed by atoms with Crippen molar-refractivity contribution in [3.8, 4) is 39.5 Å². The topological polar surface area (TPSA) is 94.8 Å². The lowest BCUT2D eigenvalue weighted by atomic mass is 10.0. The highest BCUT2D eigenvalue weighted by Crippen LogP contribution is 2.36. The Morgan fingerprint density at radius 2 is 1.84 bits per heavy atom. The molecule has 1 fully saturated rings. The molecule has 0 saturated carbocycles. The van der Waals surface area contributed by atoms with Crippen molar-refractivity contribution in [2.75, 3.05) is 31.6 Å². The van der Waals surface area contributed by atoms with Gasteiger partial charge in [-0.05, 0) is 87.3 Å². The van der Waals surface area contributed by atoms with Crippen LogP contribution in [0.5, 0.6) is 5.75 Å². The van der Waals surface area contributed by atoms with Gasteiger partial charge in [-0.25, -0.2) is 4.39 Å². The molecule has 4 aromatic heterocycles. The van der Waals surface area contributed by atoms with Gasteiger partial charge in [0.15, 0.2) is 0 Å². The first-order valence-electron chi connectivity index (χ1n) is 14.8. The van der Waals surface area contributed by atoms with E-state index in [4.69, 9.17) is 4.74 Å². The van der Waals surface area contributed by atoms with Gasteiger partial charge in [0.2, 0.25) is 0 Å². The van der Waals surface area contributed by atoms with Crippen LogP contribution in [0, 0.1) is 5.82 Å². The van der Waals surface area contributed by atoms with Gasteiger partial charge in [-0.15, -0.1) is 0 Å². The van der Waals surface area contributed by atoms with Crippen molar-refractivity contribution in [2.24, 2.45) is 0 Å². The molecule has 1 saturated heterocycles. The van der Waals surface area contributed by atoms with Gasteiger partial charge >= 0.3 is 0 Å². The molecule has 5 heterocycles. The Labute approximate surface area is 249 Å². The van der Waals surface area contributed by atoms with Crippen molar-refractivity contribution in [1.29, 1.82) is 0 Å². The first-order valence-corrected chi connectivity index (χ1v) is 14.8. The van der Waals surface area contributed by atoms with Crippen molar-refractivity contribution < 1.29 is 9.13 Å². The Balaban J connectivity index is 1.21. The van der Waals surface area contributed by atoms with Crippen LogP contribution >= 0.6 is 0 Å². The second kappa shape index (κ2) is 11.5. The number of rotatable bonds is 9. The Morgan fingerprint density at radius 3 is 2.70 bits per heavy atom. The number of aromatic amines is 2. The number of halogens is 1. The molecule has 6 aromatic rings. The lowest BCUT2D eigenvalue weighted by Crippen LogP contribution is -2.25. The van der Waals surface area contributed by atoms with Gasteiger partial charge in [0.25, 0.3) is 0 Å². The SMILES string of the molecule is CC(C)Nc1cncc(-c2cc3c(-c4cc5c(-c6cc(F)cc(OCCN7CCCC7)c6)cccc5[nH]4)n[nH]c3cn2)c1. The minimum absolute atomic E-state index is 0.297. The molecule has 1 aliphatic rings. The van der Waals surface area contributed by atoms with Crippen LogP contribution in [-0.4, -0.2) is 62.3 Å². The number of ether oxygens (including phenoxy) is 1. The van der Waals surface area contributed by atoms with E-state index in [-0.39, 0.29) is 5.82 Å². The highest BCUT2D eigenvalue weighted by molar-refractivity contribution is 6.01. The quantitative estimate of drug-likeness (QED) is 0.168. The standard InChI is InChI=1S/C34H34FN7O/c1-21(2)38-25-13-23(18-36-19-25)31-17-29-33(20-37-31)40-41-34(29)32-16-28-27(6-5-7-30(28)39-32)22-12-24(35)15-26(14-22)43-11-10-42-8-3-4-9-42/h5-7,12-21,38-39H,3-4,8-11H2,1-2H3,(H,40,41). The van der Waals surface area contributed by atoms with Crippen LogP contribution in [0.1, 0.15) is 26.7 Å². The summed E-state index contributed by atoms with van der Waals surface area (Å²) in [5.74, 6) is 0.226.